The van der Waals surface area contributed by atoms with Crippen LogP contribution in [0.1, 0.15) is 200 Å². The zero-order chi connectivity index (χ0) is 52.2. The molecule has 6 unspecified atom stereocenters. The van der Waals surface area contributed by atoms with E-state index in [1.54, 1.807) is 13.8 Å². The summed E-state index contributed by atoms with van der Waals surface area (Å²) >= 11 is 0. The summed E-state index contributed by atoms with van der Waals surface area (Å²) < 4.78 is 122. The second kappa shape index (κ2) is 43.1. The van der Waals surface area contributed by atoms with E-state index in [0.717, 1.165) is 70.6 Å². The van der Waals surface area contributed by atoms with E-state index in [2.05, 4.69) is 6.92 Å². The lowest BCUT2D eigenvalue weighted by Crippen LogP contribution is -2.38. The molecule has 0 aromatic rings. The first-order valence-corrected chi connectivity index (χ1v) is 24.8. The molecule has 65 heavy (non-hydrogen) atoms. The van der Waals surface area contributed by atoms with Crippen LogP contribution in [0.15, 0.2) is 0 Å². The van der Waals surface area contributed by atoms with E-state index < -0.39 is 68.6 Å². The summed E-state index contributed by atoms with van der Waals surface area (Å²) in [6.07, 6.45) is -6.65. The first kappa shape index (κ1) is 73.1. The van der Waals surface area contributed by atoms with Crippen LogP contribution in [0.25, 0.3) is 0 Å². The molecule has 400 valence electrons. The van der Waals surface area contributed by atoms with Crippen LogP contribution in [0.5, 0.6) is 0 Å². The smallest absolute Gasteiger partial charge is 0.390 e. The third kappa shape index (κ3) is 37.6. The molecule has 0 amide bonds. The highest BCUT2D eigenvalue weighted by Crippen LogP contribution is 2.33. The third-order valence-corrected chi connectivity index (χ3v) is 12.2. The zero-order valence-corrected chi connectivity index (χ0v) is 43.2. The standard InChI is InChI=1S/C10H19F3O.3C10H20F2O.C10H21FO/c1-4-5-6-8(7(2)3)9(14)10(11,12)13;3*1-4-5-6-8(7(2)3)9(13)10(11)12;1-4-5-6-9(8(2)3)10(12)7-11/h7-9,14H,4-6H2,1-3H3;3*7-10,13H,4-6H2,1-3H3;8-10,12H,4-7H2,1-3H3/t3*8?,9-;;9?,10-/m110.0/s1. The Balaban J connectivity index is -0.000000231. The maximum absolute atomic E-state index is 12.2. The highest BCUT2D eigenvalue weighted by atomic mass is 19.4. The topological polar surface area (TPSA) is 101 Å². The Hall–Kier alpha value is -0.900. The van der Waals surface area contributed by atoms with Gasteiger partial charge in [0, 0.05) is 0 Å². The van der Waals surface area contributed by atoms with Gasteiger partial charge in [-0.15, -0.1) is 0 Å². The van der Waals surface area contributed by atoms with Gasteiger partial charge in [-0.3, -0.25) is 0 Å². The minimum absolute atomic E-state index is 0.121. The number of unbranched alkanes of at least 4 members (excludes halogenated alkanes) is 5. The number of hydrogen-bond acceptors (Lipinski definition) is 5. The minimum Gasteiger partial charge on any atom is -0.390 e. The van der Waals surface area contributed by atoms with Crippen molar-refractivity contribution in [3.8, 4) is 0 Å². The third-order valence-electron chi connectivity index (χ3n) is 12.2. The molecular formula is C50H100F10O5. The maximum Gasteiger partial charge on any atom is 0.414 e. The predicted octanol–water partition coefficient (Wildman–Crippen LogP) is 15.4. The van der Waals surface area contributed by atoms with E-state index in [4.69, 9.17) is 5.11 Å². The highest BCUT2D eigenvalue weighted by molar-refractivity contribution is 4.78. The van der Waals surface area contributed by atoms with Gasteiger partial charge < -0.3 is 25.5 Å². The number of aliphatic hydroxyl groups is 5. The van der Waals surface area contributed by atoms with E-state index in [1.807, 2.05) is 83.1 Å². The van der Waals surface area contributed by atoms with Crippen molar-refractivity contribution in [2.24, 2.45) is 59.2 Å². The average molecular weight is 971 g/mol. The van der Waals surface area contributed by atoms with Crippen LogP contribution in [-0.4, -0.2) is 88.2 Å². The molecule has 0 spiro atoms. The molecule has 0 aliphatic heterocycles. The number of halogens is 10. The summed E-state index contributed by atoms with van der Waals surface area (Å²) in [6, 6.07) is 0. The number of rotatable bonds is 29. The molecule has 0 aromatic carbocycles. The first-order valence-electron chi connectivity index (χ1n) is 24.8. The highest BCUT2D eigenvalue weighted by Gasteiger charge is 2.44. The largest absolute Gasteiger partial charge is 0.414 e. The van der Waals surface area contributed by atoms with Gasteiger partial charge in [0.05, 0.1) is 6.10 Å². The molecule has 0 radical (unpaired) electrons. The Morgan fingerprint density at radius 1 is 0.354 bits per heavy atom. The van der Waals surface area contributed by atoms with Crippen molar-refractivity contribution in [2.75, 3.05) is 6.67 Å². The van der Waals surface area contributed by atoms with E-state index in [1.165, 1.54) is 0 Å². The van der Waals surface area contributed by atoms with Gasteiger partial charge in [0.1, 0.15) is 25.0 Å². The van der Waals surface area contributed by atoms with Crippen LogP contribution in [0, 0.1) is 59.2 Å². The predicted molar refractivity (Wildman–Crippen MR) is 249 cm³/mol. The Bertz CT molecular complexity index is 917. The van der Waals surface area contributed by atoms with Crippen molar-refractivity contribution in [1.82, 2.24) is 0 Å². The van der Waals surface area contributed by atoms with Crippen molar-refractivity contribution < 1.29 is 69.4 Å². The Labute approximate surface area is 390 Å². The van der Waals surface area contributed by atoms with Gasteiger partial charge in [-0.25, -0.2) is 30.7 Å². The van der Waals surface area contributed by atoms with Crippen LogP contribution in [0.4, 0.5) is 43.9 Å². The van der Waals surface area contributed by atoms with E-state index in [-0.39, 0.29) is 47.3 Å². The van der Waals surface area contributed by atoms with Crippen molar-refractivity contribution in [2.45, 2.75) is 256 Å². The fourth-order valence-electron chi connectivity index (χ4n) is 7.64. The van der Waals surface area contributed by atoms with Gasteiger partial charge >= 0.3 is 6.18 Å². The molecule has 0 rings (SSSR count). The summed E-state index contributed by atoms with van der Waals surface area (Å²) in [5, 5.41) is 46.2. The first-order chi connectivity index (χ1) is 29.9. The van der Waals surface area contributed by atoms with Gasteiger partial charge in [-0.05, 0) is 91.3 Å². The molecule has 0 heterocycles. The molecule has 5 N–H and O–H groups in total. The summed E-state index contributed by atoms with van der Waals surface area (Å²) in [7, 11) is 0. The molecule has 0 aromatic heterocycles. The zero-order valence-electron chi connectivity index (χ0n) is 43.2. The number of alkyl halides is 10. The van der Waals surface area contributed by atoms with Crippen LogP contribution in [0.3, 0.4) is 0 Å². The number of hydrogen-bond donors (Lipinski definition) is 5. The van der Waals surface area contributed by atoms with E-state index >= 15 is 0 Å². The molecule has 0 saturated heterocycles. The van der Waals surface area contributed by atoms with Gasteiger partial charge in [-0.1, -0.05) is 168 Å². The summed E-state index contributed by atoms with van der Waals surface area (Å²) in [5.74, 6) is -0.730. The van der Waals surface area contributed by atoms with Crippen molar-refractivity contribution >= 4 is 0 Å². The monoisotopic (exact) mass is 971 g/mol. The Morgan fingerprint density at radius 3 is 0.708 bits per heavy atom. The lowest BCUT2D eigenvalue weighted by Gasteiger charge is -2.27. The van der Waals surface area contributed by atoms with Crippen LogP contribution in [-0.2, 0) is 0 Å². The SMILES string of the molecule is CCCCC(C(C)C)C(O)C(F)F.CCCCC(C(C)C)[C@@H](O)C(F)(F)F.CCCCC(C(C)C)[C@@H](O)C(F)F.CCCCC(C(C)C)[C@@H](O)CF.CCCCC(C(C)C)[C@H](O)C(F)F. The molecule has 0 aliphatic rings. The fourth-order valence-corrected chi connectivity index (χ4v) is 7.64. The van der Waals surface area contributed by atoms with Gasteiger partial charge in [-0.2, -0.15) is 13.2 Å². The quantitative estimate of drug-likeness (QED) is 0.0481. The van der Waals surface area contributed by atoms with Crippen LogP contribution < -0.4 is 0 Å². The summed E-state index contributed by atoms with van der Waals surface area (Å²) in [5.41, 5.74) is 0. The second-order valence-corrected chi connectivity index (χ2v) is 19.4. The van der Waals surface area contributed by atoms with Crippen molar-refractivity contribution in [3.63, 3.8) is 0 Å². The van der Waals surface area contributed by atoms with Gasteiger partial charge in [0.25, 0.3) is 19.3 Å². The van der Waals surface area contributed by atoms with E-state index in [0.29, 0.717) is 31.6 Å². The Kier molecular flexibility index (Phi) is 48.5. The van der Waals surface area contributed by atoms with Crippen molar-refractivity contribution in [1.29, 1.82) is 0 Å². The average Bonchev–Trinajstić information content (AvgIpc) is 3.21. The second-order valence-electron chi connectivity index (χ2n) is 19.4. The molecule has 0 fully saturated rings. The van der Waals surface area contributed by atoms with Crippen molar-refractivity contribution in [3.05, 3.63) is 0 Å². The van der Waals surface area contributed by atoms with Crippen LogP contribution in [0.2, 0.25) is 0 Å². The number of aliphatic hydroxyl groups excluding tert-OH is 5. The van der Waals surface area contributed by atoms with E-state index in [9.17, 15) is 64.3 Å². The summed E-state index contributed by atoms with van der Waals surface area (Å²) in [6.45, 7) is 28.3. The molecule has 10 atom stereocenters. The molecule has 0 bridgehead atoms. The summed E-state index contributed by atoms with van der Waals surface area (Å²) in [4.78, 5) is 0. The Morgan fingerprint density at radius 2 is 0.554 bits per heavy atom. The lowest BCUT2D eigenvalue weighted by atomic mass is 9.85. The molecule has 0 aliphatic carbocycles. The minimum atomic E-state index is -4.48. The lowest BCUT2D eigenvalue weighted by molar-refractivity contribution is -0.224. The van der Waals surface area contributed by atoms with Crippen LogP contribution >= 0.6 is 0 Å². The van der Waals surface area contributed by atoms with Gasteiger partial charge in [0.15, 0.2) is 6.10 Å². The molecule has 0 saturated carbocycles. The molecular weight excluding hydrogens is 871 g/mol. The van der Waals surface area contributed by atoms with Gasteiger partial charge in [0.2, 0.25) is 0 Å². The molecule has 5 nitrogen and oxygen atoms in total. The maximum atomic E-state index is 12.2. The molecule has 15 heteroatoms. The fraction of sp³-hybridized carbons (Fsp3) is 1.00. The normalized spacial score (nSPS) is 16.7.